The zero-order valence-corrected chi connectivity index (χ0v) is 17.9. The Bertz CT molecular complexity index is 969. The summed E-state index contributed by atoms with van der Waals surface area (Å²) >= 11 is 0. The Morgan fingerprint density at radius 1 is 1.00 bits per heavy atom. The Labute approximate surface area is 182 Å². The van der Waals surface area contributed by atoms with E-state index in [1.165, 1.54) is 23.8 Å². The first kappa shape index (κ1) is 21.4. The number of aromatic nitrogens is 1. The highest BCUT2D eigenvalue weighted by Gasteiger charge is 2.22. The van der Waals surface area contributed by atoms with Crippen molar-refractivity contribution in [1.29, 1.82) is 0 Å². The van der Waals surface area contributed by atoms with Crippen LogP contribution in [-0.2, 0) is 12.8 Å². The van der Waals surface area contributed by atoms with E-state index in [4.69, 9.17) is 4.74 Å². The van der Waals surface area contributed by atoms with E-state index in [-0.39, 0.29) is 12.0 Å². The lowest BCUT2D eigenvalue weighted by molar-refractivity contribution is 0.208. The Hall–Kier alpha value is -2.79. The molecule has 31 heavy (non-hydrogen) atoms. The van der Waals surface area contributed by atoms with Crippen LogP contribution in [0.25, 0.3) is 0 Å². The predicted molar refractivity (Wildman–Crippen MR) is 119 cm³/mol. The molecule has 0 bridgehead atoms. The van der Waals surface area contributed by atoms with Gasteiger partial charge in [0.25, 0.3) is 0 Å². The number of ether oxygens (including phenoxy) is 1. The van der Waals surface area contributed by atoms with Crippen LogP contribution >= 0.6 is 0 Å². The summed E-state index contributed by atoms with van der Waals surface area (Å²) in [7, 11) is 1.68. The van der Waals surface area contributed by atoms with Crippen LogP contribution in [0, 0.1) is 11.6 Å². The number of hydrogen-bond acceptors (Lipinski definition) is 3. The third-order valence-corrected chi connectivity index (χ3v) is 6.09. The number of likely N-dealkylation sites (tertiary alicyclic amines) is 1. The first-order chi connectivity index (χ1) is 15.1. The summed E-state index contributed by atoms with van der Waals surface area (Å²) in [4.78, 5) is 7.15. The molecule has 1 aliphatic rings. The Morgan fingerprint density at radius 2 is 1.74 bits per heavy atom. The molecular weight excluding hydrogens is 394 g/mol. The number of benzene rings is 2. The van der Waals surface area contributed by atoms with E-state index < -0.39 is 11.6 Å². The second kappa shape index (κ2) is 10.0. The summed E-state index contributed by atoms with van der Waals surface area (Å²) in [5, 5.41) is 0. The second-order valence-electron chi connectivity index (χ2n) is 8.21. The van der Waals surface area contributed by atoms with Gasteiger partial charge in [-0.25, -0.2) is 8.78 Å². The molecule has 162 valence electrons. The molecule has 2 aromatic carbocycles. The Morgan fingerprint density at radius 3 is 2.42 bits per heavy atom. The molecule has 2 heterocycles. The molecular formula is C26H28F2N2O. The van der Waals surface area contributed by atoms with Gasteiger partial charge in [0, 0.05) is 42.9 Å². The normalized spacial score (nSPS) is 16.9. The average Bonchev–Trinajstić information content (AvgIpc) is 2.81. The molecule has 5 heteroatoms. The highest BCUT2D eigenvalue weighted by Crippen LogP contribution is 2.26. The van der Waals surface area contributed by atoms with E-state index in [0.29, 0.717) is 5.92 Å². The highest BCUT2D eigenvalue weighted by atomic mass is 19.1. The molecule has 1 fully saturated rings. The van der Waals surface area contributed by atoms with Gasteiger partial charge in [-0.2, -0.15) is 0 Å². The molecule has 1 aliphatic heterocycles. The summed E-state index contributed by atoms with van der Waals surface area (Å²) in [5.41, 5.74) is 3.29. The van der Waals surface area contributed by atoms with Gasteiger partial charge in [0.15, 0.2) is 0 Å². The molecule has 0 radical (unpaired) electrons. The van der Waals surface area contributed by atoms with Gasteiger partial charge in [-0.3, -0.25) is 4.98 Å². The fourth-order valence-corrected chi connectivity index (χ4v) is 4.27. The van der Waals surface area contributed by atoms with Crippen molar-refractivity contribution in [3.05, 3.63) is 94.8 Å². The van der Waals surface area contributed by atoms with E-state index in [1.54, 1.807) is 13.3 Å². The van der Waals surface area contributed by atoms with Gasteiger partial charge in [-0.1, -0.05) is 24.3 Å². The zero-order chi connectivity index (χ0) is 21.6. The standard InChI is InChI=1S/C26H28F2N2O/c1-31-22-10-7-19(8-11-22)13-15-30-14-3-4-21(18-30)26-12-9-20(17-29-26)16-23-24(27)5-2-6-25(23)28/h2,5-12,17,21H,3-4,13-16,18H2,1H3. The number of piperidine rings is 1. The maximum absolute atomic E-state index is 13.9. The summed E-state index contributed by atoms with van der Waals surface area (Å²) in [5.74, 6) is 0.255. The zero-order valence-electron chi connectivity index (χ0n) is 17.9. The Balaban J connectivity index is 1.34. The van der Waals surface area contributed by atoms with Gasteiger partial charge in [0.05, 0.1) is 7.11 Å². The van der Waals surface area contributed by atoms with E-state index >= 15 is 0 Å². The molecule has 0 N–H and O–H groups in total. The molecule has 0 saturated carbocycles. The third kappa shape index (κ3) is 5.47. The monoisotopic (exact) mass is 422 g/mol. The van der Waals surface area contributed by atoms with Crippen LogP contribution in [0.15, 0.2) is 60.8 Å². The quantitative estimate of drug-likeness (QED) is 0.511. The van der Waals surface area contributed by atoms with E-state index in [0.717, 1.165) is 55.9 Å². The van der Waals surface area contributed by atoms with Crippen LogP contribution in [0.4, 0.5) is 8.78 Å². The van der Waals surface area contributed by atoms with Crippen LogP contribution in [0.2, 0.25) is 0 Å². The topological polar surface area (TPSA) is 25.4 Å². The van der Waals surface area contributed by atoms with Gasteiger partial charge in [-0.15, -0.1) is 0 Å². The number of pyridine rings is 1. The fourth-order valence-electron chi connectivity index (χ4n) is 4.27. The minimum Gasteiger partial charge on any atom is -0.497 e. The molecule has 3 aromatic rings. The van der Waals surface area contributed by atoms with Gasteiger partial charge >= 0.3 is 0 Å². The van der Waals surface area contributed by atoms with Crippen molar-refractivity contribution in [3.63, 3.8) is 0 Å². The maximum Gasteiger partial charge on any atom is 0.129 e. The average molecular weight is 423 g/mol. The highest BCUT2D eigenvalue weighted by molar-refractivity contribution is 5.29. The van der Waals surface area contributed by atoms with Crippen molar-refractivity contribution in [3.8, 4) is 5.75 Å². The second-order valence-corrected chi connectivity index (χ2v) is 8.21. The van der Waals surface area contributed by atoms with Gasteiger partial charge in [-0.05, 0) is 67.3 Å². The fraction of sp³-hybridized carbons (Fsp3) is 0.346. The first-order valence-electron chi connectivity index (χ1n) is 10.9. The third-order valence-electron chi connectivity index (χ3n) is 6.09. The van der Waals surface area contributed by atoms with Crippen molar-refractivity contribution in [2.75, 3.05) is 26.7 Å². The van der Waals surface area contributed by atoms with Crippen molar-refractivity contribution >= 4 is 0 Å². The van der Waals surface area contributed by atoms with Crippen molar-refractivity contribution < 1.29 is 13.5 Å². The smallest absolute Gasteiger partial charge is 0.129 e. The van der Waals surface area contributed by atoms with Gasteiger partial charge in [0.1, 0.15) is 17.4 Å². The van der Waals surface area contributed by atoms with Crippen LogP contribution in [-0.4, -0.2) is 36.6 Å². The van der Waals surface area contributed by atoms with Crippen LogP contribution in [0.1, 0.15) is 41.1 Å². The molecule has 1 saturated heterocycles. The lowest BCUT2D eigenvalue weighted by Gasteiger charge is -2.32. The molecule has 4 rings (SSSR count). The molecule has 1 atom stereocenters. The molecule has 3 nitrogen and oxygen atoms in total. The molecule has 0 spiro atoms. The summed E-state index contributed by atoms with van der Waals surface area (Å²) < 4.78 is 33.0. The van der Waals surface area contributed by atoms with Crippen molar-refractivity contribution in [2.45, 2.75) is 31.6 Å². The Kier molecular flexibility index (Phi) is 6.92. The number of hydrogen-bond donors (Lipinski definition) is 0. The number of methoxy groups -OCH3 is 1. The van der Waals surface area contributed by atoms with Crippen LogP contribution in [0.5, 0.6) is 5.75 Å². The maximum atomic E-state index is 13.9. The van der Waals surface area contributed by atoms with E-state index in [1.807, 2.05) is 24.3 Å². The number of rotatable bonds is 7. The van der Waals surface area contributed by atoms with Crippen molar-refractivity contribution in [2.24, 2.45) is 0 Å². The minimum absolute atomic E-state index is 0.0967. The summed E-state index contributed by atoms with van der Waals surface area (Å²) in [6, 6.07) is 16.2. The molecule has 0 amide bonds. The number of halogens is 2. The SMILES string of the molecule is COc1ccc(CCN2CCCC(c3ccc(Cc4c(F)cccc4F)cn3)C2)cc1. The van der Waals surface area contributed by atoms with E-state index in [9.17, 15) is 8.78 Å². The lowest BCUT2D eigenvalue weighted by atomic mass is 9.93. The molecule has 0 aliphatic carbocycles. The first-order valence-corrected chi connectivity index (χ1v) is 10.9. The van der Waals surface area contributed by atoms with E-state index in [2.05, 4.69) is 22.0 Å². The number of nitrogens with zero attached hydrogens (tertiary/aromatic N) is 2. The van der Waals surface area contributed by atoms with Crippen molar-refractivity contribution in [1.82, 2.24) is 9.88 Å². The largest absolute Gasteiger partial charge is 0.497 e. The van der Waals surface area contributed by atoms with Crippen LogP contribution < -0.4 is 4.74 Å². The summed E-state index contributed by atoms with van der Waals surface area (Å²) in [6.07, 6.45) is 5.25. The van der Waals surface area contributed by atoms with Gasteiger partial charge < -0.3 is 9.64 Å². The van der Waals surface area contributed by atoms with Gasteiger partial charge in [0.2, 0.25) is 0 Å². The lowest BCUT2D eigenvalue weighted by Crippen LogP contribution is -2.36. The molecule has 1 aromatic heterocycles. The predicted octanol–water partition coefficient (Wildman–Crippen LogP) is 5.38. The minimum atomic E-state index is -0.510. The summed E-state index contributed by atoms with van der Waals surface area (Å²) in [6.45, 7) is 3.12. The van der Waals surface area contributed by atoms with Crippen LogP contribution in [0.3, 0.4) is 0 Å². The molecule has 1 unspecified atom stereocenters.